The number of carbonyl (C=O) groups is 1. The van der Waals surface area contributed by atoms with E-state index in [1.807, 2.05) is 20.8 Å². The van der Waals surface area contributed by atoms with E-state index in [-0.39, 0.29) is 33.1 Å². The molecular formula is C26H25F2N5O4S. The van der Waals surface area contributed by atoms with Gasteiger partial charge < -0.3 is 15.4 Å². The predicted octanol–water partition coefficient (Wildman–Crippen LogP) is 4.91. The number of H-pyrrole nitrogens is 1. The number of aliphatic carboxylic acids is 1. The Bertz CT molecular complexity index is 1660. The molecule has 0 spiro atoms. The van der Waals surface area contributed by atoms with Gasteiger partial charge in [0.1, 0.15) is 10.5 Å². The van der Waals surface area contributed by atoms with Gasteiger partial charge in [0.15, 0.2) is 23.3 Å². The van der Waals surface area contributed by atoms with Crippen molar-refractivity contribution < 1.29 is 27.1 Å². The number of nitrogens with zero attached hydrogens (tertiary/aromatic N) is 3. The fourth-order valence-electron chi connectivity index (χ4n) is 3.79. The van der Waals surface area contributed by atoms with E-state index < -0.39 is 43.8 Å². The van der Waals surface area contributed by atoms with Crippen molar-refractivity contribution in [2.45, 2.75) is 43.5 Å². The maximum absolute atomic E-state index is 15.1. The van der Waals surface area contributed by atoms with Crippen LogP contribution in [-0.2, 0) is 14.6 Å². The van der Waals surface area contributed by atoms with Crippen LogP contribution in [0.4, 0.5) is 14.6 Å². The van der Waals surface area contributed by atoms with Gasteiger partial charge in [-0.1, -0.05) is 44.5 Å². The third-order valence-corrected chi connectivity index (χ3v) is 7.68. The first kappa shape index (κ1) is 26.9. The molecule has 0 saturated carbocycles. The lowest BCUT2D eigenvalue weighted by Gasteiger charge is -2.29. The highest BCUT2D eigenvalue weighted by atomic mass is 32.2. The molecule has 0 aliphatic rings. The molecule has 1 unspecified atom stereocenters. The van der Waals surface area contributed by atoms with Gasteiger partial charge in [0, 0.05) is 17.8 Å². The fourth-order valence-corrected chi connectivity index (χ4v) is 5.31. The highest BCUT2D eigenvalue weighted by molar-refractivity contribution is 7.91. The first-order valence-corrected chi connectivity index (χ1v) is 13.0. The van der Waals surface area contributed by atoms with Gasteiger partial charge in [0.2, 0.25) is 9.84 Å². The van der Waals surface area contributed by atoms with Crippen molar-refractivity contribution >= 4 is 32.7 Å². The summed E-state index contributed by atoms with van der Waals surface area (Å²) >= 11 is 0. The average Bonchev–Trinajstić information content (AvgIpc) is 3.25. The molecular weight excluding hydrogens is 516 g/mol. The molecule has 38 heavy (non-hydrogen) atoms. The van der Waals surface area contributed by atoms with E-state index in [2.05, 4.69) is 25.3 Å². The summed E-state index contributed by atoms with van der Waals surface area (Å²) < 4.78 is 56.9. The van der Waals surface area contributed by atoms with Gasteiger partial charge in [-0.05, 0) is 24.5 Å². The van der Waals surface area contributed by atoms with Crippen LogP contribution in [0.5, 0.6) is 0 Å². The van der Waals surface area contributed by atoms with E-state index in [1.54, 1.807) is 19.1 Å². The van der Waals surface area contributed by atoms with Crippen molar-refractivity contribution in [1.82, 2.24) is 19.9 Å². The fraction of sp³-hybridized carbons (Fsp3) is 0.231. The van der Waals surface area contributed by atoms with E-state index in [0.29, 0.717) is 0 Å². The SMILES string of the molecule is Cc1ccc(S(=O)(=O)c2c(F)cnc3[nH]cc(-c4ncc(F)c(NC(C=CC(=O)O)C(C)(C)C)n4)c23)cc1. The molecule has 9 nitrogen and oxygen atoms in total. The second kappa shape index (κ2) is 9.93. The predicted molar refractivity (Wildman–Crippen MR) is 137 cm³/mol. The largest absolute Gasteiger partial charge is 0.478 e. The molecule has 3 aromatic heterocycles. The summed E-state index contributed by atoms with van der Waals surface area (Å²) in [6.45, 7) is 7.28. The van der Waals surface area contributed by atoms with Crippen molar-refractivity contribution in [3.63, 3.8) is 0 Å². The first-order chi connectivity index (χ1) is 17.8. The molecule has 4 rings (SSSR count). The van der Waals surface area contributed by atoms with E-state index in [1.165, 1.54) is 24.4 Å². The summed E-state index contributed by atoms with van der Waals surface area (Å²) in [5, 5.41) is 11.8. The highest BCUT2D eigenvalue weighted by Gasteiger charge is 2.29. The molecule has 0 fully saturated rings. The lowest BCUT2D eigenvalue weighted by Crippen LogP contribution is -2.33. The Kier molecular flexibility index (Phi) is 7.02. The van der Waals surface area contributed by atoms with Gasteiger partial charge in [-0.15, -0.1) is 0 Å². The molecule has 198 valence electrons. The minimum absolute atomic E-state index is 0.0754. The standard InChI is InChI=1S/C26H25F2N5O4S/c1-14-5-7-15(8-6-14)38(36,37)22-17(27)12-31-25-21(22)16(11-29-25)23-30-13-18(28)24(33-23)32-19(26(2,3)4)9-10-20(34)35/h5-13,19H,1-4H3,(H,29,31)(H,34,35)(H,30,32,33). The minimum atomic E-state index is -4.33. The zero-order chi connectivity index (χ0) is 27.8. The molecule has 0 aliphatic carbocycles. The maximum atomic E-state index is 15.1. The van der Waals surface area contributed by atoms with Crippen molar-refractivity contribution in [2.75, 3.05) is 5.32 Å². The molecule has 4 aromatic rings. The molecule has 0 bridgehead atoms. The van der Waals surface area contributed by atoms with E-state index >= 15 is 4.39 Å². The Morgan fingerprint density at radius 3 is 2.39 bits per heavy atom. The number of nitrogens with one attached hydrogen (secondary N) is 2. The number of aromatic nitrogens is 4. The Labute approximate surface area is 217 Å². The molecule has 0 radical (unpaired) electrons. The van der Waals surface area contributed by atoms with Crippen molar-refractivity contribution in [2.24, 2.45) is 5.41 Å². The average molecular weight is 542 g/mol. The van der Waals surface area contributed by atoms with Gasteiger partial charge in [-0.3, -0.25) is 0 Å². The monoisotopic (exact) mass is 541 g/mol. The number of aryl methyl sites for hydroxylation is 1. The van der Waals surface area contributed by atoms with Gasteiger partial charge >= 0.3 is 5.97 Å². The topological polar surface area (TPSA) is 138 Å². The van der Waals surface area contributed by atoms with E-state index in [9.17, 15) is 17.6 Å². The van der Waals surface area contributed by atoms with Gasteiger partial charge in [-0.2, -0.15) is 0 Å². The van der Waals surface area contributed by atoms with Crippen LogP contribution >= 0.6 is 0 Å². The summed E-state index contributed by atoms with van der Waals surface area (Å²) in [5.74, 6) is -3.38. The normalized spacial score (nSPS) is 13.2. The van der Waals surface area contributed by atoms with Crippen LogP contribution in [0.25, 0.3) is 22.4 Å². The number of halogens is 2. The highest BCUT2D eigenvalue weighted by Crippen LogP contribution is 2.36. The number of carboxylic acids is 1. The van der Waals surface area contributed by atoms with Crippen molar-refractivity contribution in [3.05, 3.63) is 72.2 Å². The van der Waals surface area contributed by atoms with Crippen LogP contribution in [0.3, 0.4) is 0 Å². The molecule has 1 aromatic carbocycles. The zero-order valence-electron chi connectivity index (χ0n) is 21.0. The van der Waals surface area contributed by atoms with E-state index in [0.717, 1.165) is 24.0 Å². The Morgan fingerprint density at radius 1 is 1.11 bits per heavy atom. The smallest absolute Gasteiger partial charge is 0.328 e. The maximum Gasteiger partial charge on any atom is 0.328 e. The molecule has 0 saturated heterocycles. The van der Waals surface area contributed by atoms with Crippen LogP contribution < -0.4 is 5.32 Å². The number of anilines is 1. The lowest BCUT2D eigenvalue weighted by atomic mass is 9.86. The van der Waals surface area contributed by atoms with Crippen LogP contribution in [-0.4, -0.2) is 45.5 Å². The zero-order valence-corrected chi connectivity index (χ0v) is 21.8. The number of hydrogen-bond acceptors (Lipinski definition) is 7. The third-order valence-electron chi connectivity index (χ3n) is 5.85. The second-order valence-corrected chi connectivity index (χ2v) is 11.6. The molecule has 12 heteroatoms. The summed E-state index contributed by atoms with van der Waals surface area (Å²) in [5.41, 5.74) is 0.464. The van der Waals surface area contributed by atoms with E-state index in [4.69, 9.17) is 5.11 Å². The molecule has 0 amide bonds. The van der Waals surface area contributed by atoms with Gasteiger partial charge in [-0.25, -0.2) is 36.9 Å². The molecule has 3 heterocycles. The number of hydrogen-bond donors (Lipinski definition) is 3. The lowest BCUT2D eigenvalue weighted by molar-refractivity contribution is -0.131. The number of aromatic amines is 1. The Balaban J connectivity index is 1.87. The number of sulfone groups is 1. The summed E-state index contributed by atoms with van der Waals surface area (Å²) in [4.78, 5) is 25.3. The first-order valence-electron chi connectivity index (χ1n) is 11.5. The Hall–Kier alpha value is -4.19. The quantitative estimate of drug-likeness (QED) is 0.281. The number of benzene rings is 1. The van der Waals surface area contributed by atoms with Crippen molar-refractivity contribution in [3.8, 4) is 11.4 Å². The van der Waals surface area contributed by atoms with Crippen LogP contribution in [0.2, 0.25) is 0 Å². The van der Waals surface area contributed by atoms with Crippen LogP contribution in [0.1, 0.15) is 26.3 Å². The number of fused-ring (bicyclic) bond motifs is 1. The number of rotatable bonds is 7. The molecule has 3 N–H and O–H groups in total. The summed E-state index contributed by atoms with van der Waals surface area (Å²) in [6, 6.07) is 5.34. The molecule has 1 atom stereocenters. The third kappa shape index (κ3) is 5.25. The Morgan fingerprint density at radius 2 is 1.76 bits per heavy atom. The summed E-state index contributed by atoms with van der Waals surface area (Å²) in [7, 11) is -4.33. The number of carboxylic acid groups (broad SMARTS) is 1. The van der Waals surface area contributed by atoms with Crippen LogP contribution in [0.15, 0.2) is 64.8 Å². The minimum Gasteiger partial charge on any atom is -0.478 e. The number of pyridine rings is 1. The second-order valence-electron chi connectivity index (χ2n) is 9.75. The van der Waals surface area contributed by atoms with Crippen LogP contribution in [0, 0.1) is 24.0 Å². The van der Waals surface area contributed by atoms with Crippen molar-refractivity contribution in [1.29, 1.82) is 0 Å². The van der Waals surface area contributed by atoms with Gasteiger partial charge in [0.05, 0.1) is 28.7 Å². The summed E-state index contributed by atoms with van der Waals surface area (Å²) in [6.07, 6.45) is 5.39. The molecule has 0 aliphatic heterocycles. The van der Waals surface area contributed by atoms with Gasteiger partial charge in [0.25, 0.3) is 0 Å².